The first-order valence-electron chi connectivity index (χ1n) is 5.42. The number of halogens is 1. The highest BCUT2D eigenvalue weighted by molar-refractivity contribution is 6.29. The molecule has 0 spiro atoms. The van der Waals surface area contributed by atoms with E-state index in [1.54, 1.807) is 6.26 Å². The molecule has 0 aliphatic heterocycles. The molecule has 1 heterocycles. The molecule has 0 aliphatic rings. The molecule has 88 valence electrons. The summed E-state index contributed by atoms with van der Waals surface area (Å²) in [5, 5.41) is 3.89. The zero-order valence-corrected chi connectivity index (χ0v) is 10.2. The van der Waals surface area contributed by atoms with Gasteiger partial charge >= 0.3 is 0 Å². The summed E-state index contributed by atoms with van der Waals surface area (Å²) in [5.41, 5.74) is 1.14. The highest BCUT2D eigenvalue weighted by Gasteiger charge is 2.15. The van der Waals surface area contributed by atoms with Gasteiger partial charge in [-0.25, -0.2) is 0 Å². The number of nitrogens with one attached hydrogen (secondary N) is 1. The molecule has 1 unspecified atom stereocenters. The van der Waals surface area contributed by atoms with E-state index in [-0.39, 0.29) is 6.04 Å². The Morgan fingerprint density at radius 3 is 2.59 bits per heavy atom. The zero-order valence-electron chi connectivity index (χ0n) is 9.40. The van der Waals surface area contributed by atoms with Crippen LogP contribution in [0.3, 0.4) is 0 Å². The standard InChI is InChI=1S/C14H14ClNO/c1-11(15)10-16-14(13-8-5-9-17-13)12-6-3-2-4-7-12/h2-9,14,16H,1,10H2. The molecule has 0 aliphatic carbocycles. The van der Waals surface area contributed by atoms with Gasteiger partial charge in [-0.05, 0) is 17.7 Å². The van der Waals surface area contributed by atoms with Crippen LogP contribution in [0.2, 0.25) is 0 Å². The maximum absolute atomic E-state index is 5.78. The maximum Gasteiger partial charge on any atom is 0.125 e. The van der Waals surface area contributed by atoms with Crippen LogP contribution >= 0.6 is 11.6 Å². The number of furan rings is 1. The van der Waals surface area contributed by atoms with Crippen molar-refractivity contribution in [2.75, 3.05) is 6.54 Å². The van der Waals surface area contributed by atoms with Crippen molar-refractivity contribution in [2.24, 2.45) is 0 Å². The molecule has 0 fully saturated rings. The van der Waals surface area contributed by atoms with Crippen molar-refractivity contribution in [3.05, 3.63) is 71.7 Å². The minimum absolute atomic E-state index is 0.00157. The van der Waals surface area contributed by atoms with Crippen LogP contribution in [0.15, 0.2) is 64.8 Å². The van der Waals surface area contributed by atoms with Gasteiger partial charge in [-0.3, -0.25) is 5.32 Å². The van der Waals surface area contributed by atoms with Crippen molar-refractivity contribution in [3.63, 3.8) is 0 Å². The largest absolute Gasteiger partial charge is 0.467 e. The average molecular weight is 248 g/mol. The molecule has 1 aromatic carbocycles. The van der Waals surface area contributed by atoms with E-state index >= 15 is 0 Å². The summed E-state index contributed by atoms with van der Waals surface area (Å²) in [6, 6.07) is 13.9. The third-order valence-electron chi connectivity index (χ3n) is 2.46. The topological polar surface area (TPSA) is 25.2 Å². The van der Waals surface area contributed by atoms with Crippen LogP contribution in [0.1, 0.15) is 17.4 Å². The predicted molar refractivity (Wildman–Crippen MR) is 70.0 cm³/mol. The molecular weight excluding hydrogens is 234 g/mol. The summed E-state index contributed by atoms with van der Waals surface area (Å²) in [6.45, 7) is 4.22. The molecular formula is C14H14ClNO. The van der Waals surface area contributed by atoms with E-state index in [4.69, 9.17) is 16.0 Å². The van der Waals surface area contributed by atoms with Crippen molar-refractivity contribution >= 4 is 11.6 Å². The molecule has 1 atom stereocenters. The normalized spacial score (nSPS) is 12.3. The van der Waals surface area contributed by atoms with E-state index < -0.39 is 0 Å². The van der Waals surface area contributed by atoms with Crippen molar-refractivity contribution in [1.82, 2.24) is 5.32 Å². The van der Waals surface area contributed by atoms with Gasteiger partial charge in [0.1, 0.15) is 5.76 Å². The number of rotatable bonds is 5. The molecule has 0 saturated carbocycles. The smallest absolute Gasteiger partial charge is 0.125 e. The molecule has 0 radical (unpaired) electrons. The van der Waals surface area contributed by atoms with E-state index in [2.05, 4.69) is 24.0 Å². The Kier molecular flexibility index (Phi) is 4.02. The second-order valence-electron chi connectivity index (χ2n) is 3.76. The summed E-state index contributed by atoms with van der Waals surface area (Å²) in [6.07, 6.45) is 1.67. The van der Waals surface area contributed by atoms with Crippen molar-refractivity contribution in [3.8, 4) is 0 Å². The Hall–Kier alpha value is -1.51. The highest BCUT2D eigenvalue weighted by atomic mass is 35.5. The summed E-state index contributed by atoms with van der Waals surface area (Å²) in [7, 11) is 0. The Labute approximate surface area is 106 Å². The molecule has 0 amide bonds. The van der Waals surface area contributed by atoms with Gasteiger partial charge in [0, 0.05) is 11.6 Å². The molecule has 3 heteroatoms. The fourth-order valence-electron chi connectivity index (χ4n) is 1.70. The van der Waals surface area contributed by atoms with Crippen LogP contribution in [0, 0.1) is 0 Å². The Morgan fingerprint density at radius 2 is 2.00 bits per heavy atom. The second kappa shape index (κ2) is 5.71. The Bertz CT molecular complexity index is 464. The SMILES string of the molecule is C=C(Cl)CNC(c1ccccc1)c1ccco1. The molecule has 1 aromatic heterocycles. The molecule has 1 N–H and O–H groups in total. The van der Waals surface area contributed by atoms with Gasteiger partial charge in [0.15, 0.2) is 0 Å². The first kappa shape index (κ1) is 12.0. The fraction of sp³-hybridized carbons (Fsp3) is 0.143. The molecule has 0 saturated heterocycles. The van der Waals surface area contributed by atoms with Gasteiger partial charge in [0.2, 0.25) is 0 Å². The van der Waals surface area contributed by atoms with Gasteiger partial charge in [-0.1, -0.05) is 48.5 Å². The van der Waals surface area contributed by atoms with Crippen molar-refractivity contribution in [1.29, 1.82) is 0 Å². The molecule has 2 nitrogen and oxygen atoms in total. The highest BCUT2D eigenvalue weighted by Crippen LogP contribution is 2.22. The Balaban J connectivity index is 2.22. The lowest BCUT2D eigenvalue weighted by Crippen LogP contribution is -2.23. The first-order valence-corrected chi connectivity index (χ1v) is 5.80. The number of hydrogen-bond donors (Lipinski definition) is 1. The summed E-state index contributed by atoms with van der Waals surface area (Å²) in [5.74, 6) is 0.870. The van der Waals surface area contributed by atoms with Gasteiger partial charge in [0.25, 0.3) is 0 Å². The van der Waals surface area contributed by atoms with Crippen molar-refractivity contribution in [2.45, 2.75) is 6.04 Å². The fourth-order valence-corrected chi connectivity index (χ4v) is 1.77. The van der Waals surface area contributed by atoms with E-state index in [9.17, 15) is 0 Å². The minimum Gasteiger partial charge on any atom is -0.467 e. The third kappa shape index (κ3) is 3.22. The van der Waals surface area contributed by atoms with Crippen LogP contribution in [0.5, 0.6) is 0 Å². The molecule has 2 aromatic rings. The summed E-state index contributed by atoms with van der Waals surface area (Å²) >= 11 is 5.78. The maximum atomic E-state index is 5.78. The zero-order chi connectivity index (χ0) is 12.1. The second-order valence-corrected chi connectivity index (χ2v) is 4.29. The Morgan fingerprint density at radius 1 is 1.24 bits per heavy atom. The lowest BCUT2D eigenvalue weighted by atomic mass is 10.0. The third-order valence-corrected chi connectivity index (χ3v) is 2.59. The van der Waals surface area contributed by atoms with Crippen LogP contribution in [-0.4, -0.2) is 6.54 Å². The quantitative estimate of drug-likeness (QED) is 0.871. The average Bonchev–Trinajstić information content (AvgIpc) is 2.84. The summed E-state index contributed by atoms with van der Waals surface area (Å²) in [4.78, 5) is 0. The van der Waals surface area contributed by atoms with Gasteiger partial charge in [-0.15, -0.1) is 0 Å². The lowest BCUT2D eigenvalue weighted by molar-refractivity contribution is 0.456. The van der Waals surface area contributed by atoms with E-state index in [0.29, 0.717) is 11.6 Å². The molecule has 17 heavy (non-hydrogen) atoms. The van der Waals surface area contributed by atoms with E-state index in [1.165, 1.54) is 0 Å². The molecule has 0 bridgehead atoms. The van der Waals surface area contributed by atoms with Gasteiger partial charge in [0.05, 0.1) is 12.3 Å². The lowest BCUT2D eigenvalue weighted by Gasteiger charge is -2.16. The van der Waals surface area contributed by atoms with E-state index in [0.717, 1.165) is 11.3 Å². The van der Waals surface area contributed by atoms with Crippen LogP contribution in [0.25, 0.3) is 0 Å². The van der Waals surface area contributed by atoms with Crippen LogP contribution in [-0.2, 0) is 0 Å². The van der Waals surface area contributed by atoms with Gasteiger partial charge in [-0.2, -0.15) is 0 Å². The number of benzene rings is 1. The van der Waals surface area contributed by atoms with Crippen molar-refractivity contribution < 1.29 is 4.42 Å². The monoisotopic (exact) mass is 247 g/mol. The predicted octanol–water partition coefficient (Wildman–Crippen LogP) is 3.71. The summed E-state index contributed by atoms with van der Waals surface area (Å²) < 4.78 is 5.45. The molecule has 2 rings (SSSR count). The van der Waals surface area contributed by atoms with Crippen LogP contribution in [0.4, 0.5) is 0 Å². The minimum atomic E-state index is 0.00157. The van der Waals surface area contributed by atoms with E-state index in [1.807, 2.05) is 30.3 Å². The van der Waals surface area contributed by atoms with Crippen LogP contribution < -0.4 is 5.32 Å². The number of hydrogen-bond acceptors (Lipinski definition) is 2. The van der Waals surface area contributed by atoms with Gasteiger partial charge < -0.3 is 4.42 Å². The first-order chi connectivity index (χ1) is 8.27.